The van der Waals surface area contributed by atoms with Gasteiger partial charge in [0.1, 0.15) is 12.3 Å². The maximum atomic E-state index is 11.8. The summed E-state index contributed by atoms with van der Waals surface area (Å²) in [5.41, 5.74) is 0.332. The number of fused-ring (bicyclic) bond motifs is 1. The molecule has 1 N–H and O–H groups in total. The highest BCUT2D eigenvalue weighted by Crippen LogP contribution is 2.40. The van der Waals surface area contributed by atoms with Gasteiger partial charge in [0, 0.05) is 32.8 Å². The molecular weight excluding hydrogens is 325 g/mol. The quantitative estimate of drug-likeness (QED) is 0.802. The van der Waals surface area contributed by atoms with Gasteiger partial charge in [-0.15, -0.1) is 0 Å². The van der Waals surface area contributed by atoms with Crippen molar-refractivity contribution in [2.24, 2.45) is 4.99 Å². The Balaban J connectivity index is 1.77. The van der Waals surface area contributed by atoms with Crippen LogP contribution in [0.1, 0.15) is 29.6 Å². The number of hydrogen-bond donors (Lipinski definition) is 1. The number of ketones is 1. The number of nitrogens with zero attached hydrogens (tertiary/aromatic N) is 3. The first-order chi connectivity index (χ1) is 10.9. The molecule has 1 aromatic heterocycles. The van der Waals surface area contributed by atoms with E-state index in [0.717, 1.165) is 6.66 Å². The molecule has 0 spiro atoms. The minimum Gasteiger partial charge on any atom is -0.378 e. The normalized spacial score (nSPS) is 29.5. The van der Waals surface area contributed by atoms with Crippen LogP contribution in [0.4, 0.5) is 5.82 Å². The zero-order chi connectivity index (χ0) is 16.6. The highest BCUT2D eigenvalue weighted by atomic mass is 31.2. The van der Waals surface area contributed by atoms with Crippen LogP contribution in [-0.4, -0.2) is 59.0 Å². The van der Waals surface area contributed by atoms with Gasteiger partial charge in [0.05, 0.1) is 19.0 Å². The molecule has 0 amide bonds. The summed E-state index contributed by atoms with van der Waals surface area (Å²) in [6.07, 6.45) is 2.58. The van der Waals surface area contributed by atoms with E-state index in [1.54, 1.807) is 17.9 Å². The van der Waals surface area contributed by atoms with Gasteiger partial charge in [0.2, 0.25) is 0 Å². The SMILES string of the molecule is CO[C@@H]1C[C@H](n2cnc3c2N=CCC3=O)O[C@@H]1COP(C)(=O)O. The number of Topliss-reactive ketones (excluding diaryl/α,β-unsaturated/α-hetero) is 1. The van der Waals surface area contributed by atoms with Gasteiger partial charge in [0.25, 0.3) is 0 Å². The highest BCUT2D eigenvalue weighted by molar-refractivity contribution is 7.51. The van der Waals surface area contributed by atoms with Crippen LogP contribution in [0.2, 0.25) is 0 Å². The lowest BCUT2D eigenvalue weighted by molar-refractivity contribution is -0.0480. The summed E-state index contributed by atoms with van der Waals surface area (Å²) in [5.74, 6) is 0.383. The van der Waals surface area contributed by atoms with E-state index in [2.05, 4.69) is 9.98 Å². The molecule has 9 nitrogen and oxygen atoms in total. The second-order valence-corrected chi connectivity index (χ2v) is 7.36. The summed E-state index contributed by atoms with van der Waals surface area (Å²) in [4.78, 5) is 29.4. The number of imidazole rings is 1. The fraction of sp³-hybridized carbons (Fsp3) is 0.615. The molecule has 0 aliphatic carbocycles. The lowest BCUT2D eigenvalue weighted by Gasteiger charge is -2.18. The van der Waals surface area contributed by atoms with Crippen LogP contribution >= 0.6 is 7.60 Å². The summed E-state index contributed by atoms with van der Waals surface area (Å²) < 4.78 is 29.1. The lowest BCUT2D eigenvalue weighted by atomic mass is 10.2. The maximum absolute atomic E-state index is 11.8. The molecule has 23 heavy (non-hydrogen) atoms. The second-order valence-electron chi connectivity index (χ2n) is 5.50. The molecule has 10 heteroatoms. The molecule has 3 rings (SSSR count). The van der Waals surface area contributed by atoms with Crippen LogP contribution < -0.4 is 0 Å². The van der Waals surface area contributed by atoms with Crippen molar-refractivity contribution >= 4 is 25.4 Å². The van der Waals surface area contributed by atoms with Crippen molar-refractivity contribution in [1.29, 1.82) is 0 Å². The molecular formula is C13H18N3O6P. The standard InChI is InChI=1S/C13H18N3O6P/c1-20-9-5-11(22-10(9)6-21-23(2,18)19)16-7-15-12-8(17)3-4-14-13(12)16/h4,7,9-11H,3,5-6H2,1-2H3,(H,18,19)/t9-,10-,11-/m1/s1. The van der Waals surface area contributed by atoms with Crippen LogP contribution in [-0.2, 0) is 18.6 Å². The zero-order valence-corrected chi connectivity index (χ0v) is 13.7. The summed E-state index contributed by atoms with van der Waals surface area (Å²) in [7, 11) is -2.04. The molecule has 2 aliphatic rings. The van der Waals surface area contributed by atoms with Crippen LogP contribution in [0.15, 0.2) is 11.3 Å². The number of carbonyl (C=O) groups is 1. The van der Waals surface area contributed by atoms with Gasteiger partial charge in [0.15, 0.2) is 17.3 Å². The molecule has 0 radical (unpaired) electrons. The van der Waals surface area contributed by atoms with E-state index in [4.69, 9.17) is 14.0 Å². The topological polar surface area (TPSA) is 112 Å². The molecule has 0 saturated carbocycles. The van der Waals surface area contributed by atoms with Crippen molar-refractivity contribution in [1.82, 2.24) is 9.55 Å². The smallest absolute Gasteiger partial charge is 0.325 e. The Morgan fingerprint density at radius 3 is 3.04 bits per heavy atom. The monoisotopic (exact) mass is 343 g/mol. The van der Waals surface area contributed by atoms with Crippen LogP contribution in [0.25, 0.3) is 0 Å². The zero-order valence-electron chi connectivity index (χ0n) is 12.8. The van der Waals surface area contributed by atoms with Gasteiger partial charge in [-0.2, -0.15) is 0 Å². The van der Waals surface area contributed by atoms with Gasteiger partial charge < -0.3 is 18.9 Å². The van der Waals surface area contributed by atoms with Gasteiger partial charge in [-0.1, -0.05) is 0 Å². The van der Waals surface area contributed by atoms with Crippen molar-refractivity contribution in [2.75, 3.05) is 20.4 Å². The number of hydrogen-bond acceptors (Lipinski definition) is 7. The van der Waals surface area contributed by atoms with Gasteiger partial charge in [-0.25, -0.2) is 9.98 Å². The predicted molar refractivity (Wildman–Crippen MR) is 80.4 cm³/mol. The van der Waals surface area contributed by atoms with E-state index in [9.17, 15) is 14.3 Å². The first-order valence-electron chi connectivity index (χ1n) is 7.14. The Morgan fingerprint density at radius 1 is 1.57 bits per heavy atom. The Hall–Kier alpha value is -1.38. The molecule has 1 fully saturated rings. The first-order valence-corrected chi connectivity index (χ1v) is 9.17. The van der Waals surface area contributed by atoms with Crippen molar-refractivity contribution in [3.63, 3.8) is 0 Å². The van der Waals surface area contributed by atoms with Gasteiger partial charge in [-0.05, 0) is 0 Å². The number of ether oxygens (including phenoxy) is 2. The highest BCUT2D eigenvalue weighted by Gasteiger charge is 2.39. The average Bonchev–Trinajstić information content (AvgIpc) is 3.08. The first kappa shape index (κ1) is 16.5. The fourth-order valence-electron chi connectivity index (χ4n) is 2.68. The molecule has 1 aromatic rings. The van der Waals surface area contributed by atoms with E-state index in [-0.39, 0.29) is 24.9 Å². The average molecular weight is 343 g/mol. The molecule has 0 aromatic carbocycles. The summed E-state index contributed by atoms with van der Waals surface area (Å²) in [5, 5.41) is 0. The third-order valence-electron chi connectivity index (χ3n) is 3.79. The van der Waals surface area contributed by atoms with Gasteiger partial charge in [-0.3, -0.25) is 13.9 Å². The Labute approximate surface area is 132 Å². The number of carbonyl (C=O) groups excluding carboxylic acids is 1. The van der Waals surface area contributed by atoms with Crippen LogP contribution in [0.5, 0.6) is 0 Å². The molecule has 126 valence electrons. The fourth-order valence-corrected chi connectivity index (χ4v) is 3.11. The summed E-state index contributed by atoms with van der Waals surface area (Å²) >= 11 is 0. The Bertz CT molecular complexity index is 681. The Kier molecular flexibility index (Phi) is 4.48. The number of rotatable bonds is 5. The van der Waals surface area contributed by atoms with E-state index < -0.39 is 19.9 Å². The van der Waals surface area contributed by atoms with E-state index in [0.29, 0.717) is 17.9 Å². The van der Waals surface area contributed by atoms with Crippen molar-refractivity contribution in [2.45, 2.75) is 31.3 Å². The van der Waals surface area contributed by atoms with Crippen LogP contribution in [0.3, 0.4) is 0 Å². The number of aromatic nitrogens is 2. The lowest BCUT2D eigenvalue weighted by Crippen LogP contribution is -2.27. The summed E-state index contributed by atoms with van der Waals surface area (Å²) in [6.45, 7) is 1.06. The number of aliphatic imine (C=N–C) groups is 1. The molecule has 4 atom stereocenters. The molecule has 2 aliphatic heterocycles. The molecule has 1 saturated heterocycles. The van der Waals surface area contributed by atoms with Crippen molar-refractivity contribution in [3.05, 3.63) is 12.0 Å². The van der Waals surface area contributed by atoms with Crippen molar-refractivity contribution < 1.29 is 28.3 Å². The van der Waals surface area contributed by atoms with Crippen molar-refractivity contribution in [3.8, 4) is 0 Å². The second kappa shape index (κ2) is 6.26. The summed E-state index contributed by atoms with van der Waals surface area (Å²) in [6, 6.07) is 0. The maximum Gasteiger partial charge on any atom is 0.325 e. The molecule has 0 bridgehead atoms. The number of methoxy groups -OCH3 is 1. The third kappa shape index (κ3) is 3.44. The minimum atomic E-state index is -3.58. The predicted octanol–water partition coefficient (Wildman–Crippen LogP) is 1.31. The van der Waals surface area contributed by atoms with E-state index >= 15 is 0 Å². The minimum absolute atomic E-state index is 0.0572. The molecule has 3 heterocycles. The molecule has 1 unspecified atom stereocenters. The van der Waals surface area contributed by atoms with E-state index in [1.165, 1.54) is 6.33 Å². The largest absolute Gasteiger partial charge is 0.378 e. The van der Waals surface area contributed by atoms with Crippen LogP contribution in [0, 0.1) is 0 Å². The Morgan fingerprint density at radius 2 is 2.35 bits per heavy atom. The van der Waals surface area contributed by atoms with Gasteiger partial charge >= 0.3 is 7.60 Å². The van der Waals surface area contributed by atoms with E-state index in [1.807, 2.05) is 0 Å². The third-order valence-corrected chi connectivity index (χ3v) is 4.42.